The van der Waals surface area contributed by atoms with Gasteiger partial charge in [-0.2, -0.15) is 0 Å². The predicted molar refractivity (Wildman–Crippen MR) is 79.0 cm³/mol. The molecule has 20 heavy (non-hydrogen) atoms. The predicted octanol–water partition coefficient (Wildman–Crippen LogP) is 2.78. The number of H-pyrrole nitrogens is 1. The molecule has 1 aromatic carbocycles. The van der Waals surface area contributed by atoms with Crippen molar-refractivity contribution in [1.29, 1.82) is 0 Å². The minimum Gasteiger partial charge on any atom is -0.497 e. The van der Waals surface area contributed by atoms with Crippen LogP contribution in [0.25, 0.3) is 10.9 Å². The third-order valence-electron chi connectivity index (χ3n) is 4.05. The number of carbonyl (C=O) groups excluding carboxylic acids is 1. The maximum atomic E-state index is 12.1. The average Bonchev–Trinajstić information content (AvgIpc) is 3.08. The molecule has 0 spiro atoms. The average molecular weight is 272 g/mol. The first-order valence-corrected chi connectivity index (χ1v) is 7.19. The van der Waals surface area contributed by atoms with Gasteiger partial charge in [-0.15, -0.1) is 0 Å². The summed E-state index contributed by atoms with van der Waals surface area (Å²) in [7, 11) is 1.65. The maximum Gasteiger partial charge on any atom is 0.224 e. The monoisotopic (exact) mass is 272 g/mol. The third-order valence-corrected chi connectivity index (χ3v) is 4.05. The lowest BCUT2D eigenvalue weighted by Gasteiger charge is -2.11. The maximum absolute atomic E-state index is 12.1. The van der Waals surface area contributed by atoms with Crippen molar-refractivity contribution in [3.8, 4) is 5.75 Å². The highest BCUT2D eigenvalue weighted by Gasteiger charge is 2.18. The summed E-state index contributed by atoms with van der Waals surface area (Å²) < 4.78 is 5.24. The molecule has 2 N–H and O–H groups in total. The van der Waals surface area contributed by atoms with Crippen LogP contribution in [0.4, 0.5) is 0 Å². The van der Waals surface area contributed by atoms with Crippen LogP contribution >= 0.6 is 0 Å². The number of carbonyl (C=O) groups is 1. The molecule has 0 atom stereocenters. The summed E-state index contributed by atoms with van der Waals surface area (Å²) in [5, 5.41) is 4.19. The fourth-order valence-corrected chi connectivity index (χ4v) is 2.95. The number of aromatic nitrogens is 1. The molecule has 0 unspecified atom stereocenters. The van der Waals surface area contributed by atoms with Gasteiger partial charge in [-0.1, -0.05) is 12.8 Å². The summed E-state index contributed by atoms with van der Waals surface area (Å²) in [6.45, 7) is 0. The van der Waals surface area contributed by atoms with E-state index in [0.717, 1.165) is 35.1 Å². The van der Waals surface area contributed by atoms with E-state index in [2.05, 4.69) is 10.3 Å². The smallest absolute Gasteiger partial charge is 0.224 e. The number of aromatic amines is 1. The molecule has 1 saturated carbocycles. The number of rotatable bonds is 4. The summed E-state index contributed by atoms with van der Waals surface area (Å²) in [5.74, 6) is 0.926. The van der Waals surface area contributed by atoms with Crippen LogP contribution in [0.2, 0.25) is 0 Å². The van der Waals surface area contributed by atoms with E-state index in [9.17, 15) is 4.79 Å². The second-order valence-electron chi connectivity index (χ2n) is 5.45. The van der Waals surface area contributed by atoms with Gasteiger partial charge in [0, 0.05) is 23.1 Å². The standard InChI is InChI=1S/C16H20N2O2/c1-20-13-6-7-15-14(9-13)11(10-17-15)8-16(19)18-12-4-2-3-5-12/h6-7,9-10,12,17H,2-5,8H2,1H3,(H,18,19). The second kappa shape index (κ2) is 5.57. The molecule has 4 heteroatoms. The molecule has 0 radical (unpaired) electrons. The van der Waals surface area contributed by atoms with Crippen molar-refractivity contribution in [2.75, 3.05) is 7.11 Å². The molecule has 1 heterocycles. The molecule has 2 aromatic rings. The molecule has 1 fully saturated rings. The van der Waals surface area contributed by atoms with Crippen LogP contribution in [-0.4, -0.2) is 24.0 Å². The number of hydrogen-bond donors (Lipinski definition) is 2. The first kappa shape index (κ1) is 13.0. The zero-order chi connectivity index (χ0) is 13.9. The Labute approximate surface area is 118 Å². The minimum atomic E-state index is 0.112. The normalized spacial score (nSPS) is 15.7. The summed E-state index contributed by atoms with van der Waals surface area (Å²) >= 11 is 0. The van der Waals surface area contributed by atoms with Crippen LogP contribution in [0.3, 0.4) is 0 Å². The van der Waals surface area contributed by atoms with E-state index in [1.807, 2.05) is 24.4 Å². The highest BCUT2D eigenvalue weighted by molar-refractivity contribution is 5.89. The van der Waals surface area contributed by atoms with Crippen LogP contribution in [0.5, 0.6) is 5.75 Å². The summed E-state index contributed by atoms with van der Waals surface area (Å²) in [6, 6.07) is 6.25. The van der Waals surface area contributed by atoms with Crippen molar-refractivity contribution in [3.05, 3.63) is 30.0 Å². The Morgan fingerprint density at radius 1 is 1.40 bits per heavy atom. The molecular weight excluding hydrogens is 252 g/mol. The topological polar surface area (TPSA) is 54.1 Å². The summed E-state index contributed by atoms with van der Waals surface area (Å²) in [6.07, 6.45) is 7.04. The Morgan fingerprint density at radius 3 is 2.95 bits per heavy atom. The third kappa shape index (κ3) is 2.64. The van der Waals surface area contributed by atoms with E-state index in [0.29, 0.717) is 12.5 Å². The van der Waals surface area contributed by atoms with Crippen molar-refractivity contribution >= 4 is 16.8 Å². The van der Waals surface area contributed by atoms with Crippen LogP contribution in [-0.2, 0) is 11.2 Å². The van der Waals surface area contributed by atoms with Gasteiger partial charge in [-0.05, 0) is 36.6 Å². The Hall–Kier alpha value is -1.97. The highest BCUT2D eigenvalue weighted by Crippen LogP contribution is 2.24. The van der Waals surface area contributed by atoms with Gasteiger partial charge < -0.3 is 15.0 Å². The van der Waals surface area contributed by atoms with E-state index in [-0.39, 0.29) is 5.91 Å². The molecule has 0 bridgehead atoms. The molecule has 1 amide bonds. The molecular formula is C16H20N2O2. The highest BCUT2D eigenvalue weighted by atomic mass is 16.5. The number of hydrogen-bond acceptors (Lipinski definition) is 2. The summed E-state index contributed by atoms with van der Waals surface area (Å²) in [4.78, 5) is 15.3. The first-order chi connectivity index (χ1) is 9.76. The van der Waals surface area contributed by atoms with E-state index in [1.54, 1.807) is 7.11 Å². The van der Waals surface area contributed by atoms with Gasteiger partial charge >= 0.3 is 0 Å². The minimum absolute atomic E-state index is 0.112. The quantitative estimate of drug-likeness (QED) is 0.899. The second-order valence-corrected chi connectivity index (χ2v) is 5.45. The molecule has 1 aromatic heterocycles. The van der Waals surface area contributed by atoms with Crippen molar-refractivity contribution in [3.63, 3.8) is 0 Å². The van der Waals surface area contributed by atoms with Gasteiger partial charge in [0.1, 0.15) is 5.75 Å². The van der Waals surface area contributed by atoms with Gasteiger partial charge in [0.25, 0.3) is 0 Å². The number of methoxy groups -OCH3 is 1. The Kier molecular flexibility index (Phi) is 3.63. The molecule has 0 saturated heterocycles. The van der Waals surface area contributed by atoms with Crippen molar-refractivity contribution in [1.82, 2.24) is 10.3 Å². The number of fused-ring (bicyclic) bond motifs is 1. The number of benzene rings is 1. The number of amides is 1. The molecule has 1 aliphatic carbocycles. The Balaban J connectivity index is 1.74. The van der Waals surface area contributed by atoms with Crippen molar-refractivity contribution in [2.45, 2.75) is 38.1 Å². The van der Waals surface area contributed by atoms with E-state index < -0.39 is 0 Å². The van der Waals surface area contributed by atoms with Crippen molar-refractivity contribution < 1.29 is 9.53 Å². The van der Waals surface area contributed by atoms with Crippen LogP contribution in [0.15, 0.2) is 24.4 Å². The Morgan fingerprint density at radius 2 is 2.20 bits per heavy atom. The number of nitrogens with one attached hydrogen (secondary N) is 2. The lowest BCUT2D eigenvalue weighted by Crippen LogP contribution is -2.33. The largest absolute Gasteiger partial charge is 0.497 e. The van der Waals surface area contributed by atoms with Gasteiger partial charge in [0.2, 0.25) is 5.91 Å². The van der Waals surface area contributed by atoms with E-state index in [4.69, 9.17) is 4.74 Å². The van der Waals surface area contributed by atoms with E-state index in [1.165, 1.54) is 12.8 Å². The van der Waals surface area contributed by atoms with Crippen molar-refractivity contribution in [2.24, 2.45) is 0 Å². The van der Waals surface area contributed by atoms with Gasteiger partial charge in [-0.25, -0.2) is 0 Å². The molecule has 3 rings (SSSR count). The molecule has 1 aliphatic rings. The summed E-state index contributed by atoms with van der Waals surface area (Å²) in [5.41, 5.74) is 2.06. The zero-order valence-corrected chi connectivity index (χ0v) is 11.7. The molecule has 0 aliphatic heterocycles. The molecule has 106 valence electrons. The lowest BCUT2D eigenvalue weighted by molar-refractivity contribution is -0.121. The van der Waals surface area contributed by atoms with Crippen LogP contribution < -0.4 is 10.1 Å². The Bertz CT molecular complexity index is 612. The number of ether oxygens (including phenoxy) is 1. The van der Waals surface area contributed by atoms with Crippen LogP contribution in [0.1, 0.15) is 31.2 Å². The fourth-order valence-electron chi connectivity index (χ4n) is 2.95. The SMILES string of the molecule is COc1ccc2[nH]cc(CC(=O)NC3CCCC3)c2c1. The lowest BCUT2D eigenvalue weighted by atomic mass is 10.1. The van der Waals surface area contributed by atoms with Gasteiger partial charge in [-0.3, -0.25) is 4.79 Å². The molecule has 4 nitrogen and oxygen atoms in total. The fraction of sp³-hybridized carbons (Fsp3) is 0.438. The van der Waals surface area contributed by atoms with Gasteiger partial charge in [0.05, 0.1) is 13.5 Å². The van der Waals surface area contributed by atoms with E-state index >= 15 is 0 Å². The van der Waals surface area contributed by atoms with Crippen LogP contribution in [0, 0.1) is 0 Å². The first-order valence-electron chi connectivity index (χ1n) is 7.19. The van der Waals surface area contributed by atoms with Gasteiger partial charge in [0.15, 0.2) is 0 Å². The zero-order valence-electron chi connectivity index (χ0n) is 11.7.